The van der Waals surface area contributed by atoms with Gasteiger partial charge in [-0.1, -0.05) is 15.9 Å². The second-order valence-electron chi connectivity index (χ2n) is 4.60. The first kappa shape index (κ1) is 14.6. The Kier molecular flexibility index (Phi) is 4.45. The van der Waals surface area contributed by atoms with Crippen molar-refractivity contribution in [2.75, 3.05) is 12.4 Å². The summed E-state index contributed by atoms with van der Waals surface area (Å²) >= 11 is 3.45. The summed E-state index contributed by atoms with van der Waals surface area (Å²) in [7, 11) is 1.60. The molecule has 0 aliphatic carbocycles. The lowest BCUT2D eigenvalue weighted by Crippen LogP contribution is -2.13. The van der Waals surface area contributed by atoms with Crippen LogP contribution in [0.2, 0.25) is 0 Å². The van der Waals surface area contributed by atoms with Crippen molar-refractivity contribution < 1.29 is 9.53 Å². The van der Waals surface area contributed by atoms with Crippen LogP contribution in [0, 0.1) is 13.8 Å². The minimum Gasteiger partial charge on any atom is -0.497 e. The van der Waals surface area contributed by atoms with Crippen LogP contribution in [-0.4, -0.2) is 13.0 Å². The van der Waals surface area contributed by atoms with Crippen molar-refractivity contribution in [3.8, 4) is 5.75 Å². The Labute approximate surface area is 127 Å². The van der Waals surface area contributed by atoms with Gasteiger partial charge in [0.1, 0.15) is 5.75 Å². The Bertz CT molecular complexity index is 612. The molecule has 0 saturated carbocycles. The summed E-state index contributed by atoms with van der Waals surface area (Å²) in [6.45, 7) is 3.95. The topological polar surface area (TPSA) is 38.3 Å². The number of rotatable bonds is 3. The maximum Gasteiger partial charge on any atom is 0.255 e. The predicted octanol–water partition coefficient (Wildman–Crippen LogP) is 4.33. The van der Waals surface area contributed by atoms with E-state index in [1.165, 1.54) is 0 Å². The van der Waals surface area contributed by atoms with Crippen LogP contribution in [0.5, 0.6) is 5.75 Å². The summed E-state index contributed by atoms with van der Waals surface area (Å²) in [6, 6.07) is 11.0. The van der Waals surface area contributed by atoms with Crippen molar-refractivity contribution in [3.05, 3.63) is 57.6 Å². The van der Waals surface area contributed by atoms with E-state index in [2.05, 4.69) is 21.2 Å². The fraction of sp³-hybridized carbons (Fsp3) is 0.188. The van der Waals surface area contributed by atoms with Crippen molar-refractivity contribution in [1.29, 1.82) is 0 Å². The highest BCUT2D eigenvalue weighted by Gasteiger charge is 2.10. The van der Waals surface area contributed by atoms with Gasteiger partial charge >= 0.3 is 0 Å². The molecule has 0 spiro atoms. The van der Waals surface area contributed by atoms with Crippen LogP contribution in [-0.2, 0) is 0 Å². The normalized spacial score (nSPS) is 10.2. The van der Waals surface area contributed by atoms with Crippen LogP contribution in [0.1, 0.15) is 21.5 Å². The third kappa shape index (κ3) is 3.20. The van der Waals surface area contributed by atoms with E-state index < -0.39 is 0 Å². The molecule has 0 radical (unpaired) electrons. The first-order chi connectivity index (χ1) is 9.51. The zero-order valence-electron chi connectivity index (χ0n) is 11.7. The Hall–Kier alpha value is -1.81. The molecule has 0 aliphatic heterocycles. The summed E-state index contributed by atoms with van der Waals surface area (Å²) in [5, 5.41) is 2.96. The number of carbonyl (C=O) groups excluding carboxylic acids is 1. The van der Waals surface area contributed by atoms with Gasteiger partial charge in [0.15, 0.2) is 0 Å². The summed E-state index contributed by atoms with van der Waals surface area (Å²) < 4.78 is 6.09. The number of hydrogen-bond donors (Lipinski definition) is 1. The SMILES string of the molecule is COc1ccc(C(=O)Nc2c(C)cc(Br)cc2C)cc1. The number of nitrogens with one attached hydrogen (secondary N) is 1. The second-order valence-corrected chi connectivity index (χ2v) is 5.51. The van der Waals surface area contributed by atoms with Gasteiger partial charge in [-0.05, 0) is 61.4 Å². The number of benzene rings is 2. The number of carbonyl (C=O) groups is 1. The largest absolute Gasteiger partial charge is 0.497 e. The van der Waals surface area contributed by atoms with E-state index in [0.29, 0.717) is 5.56 Å². The van der Waals surface area contributed by atoms with Crippen molar-refractivity contribution in [2.45, 2.75) is 13.8 Å². The van der Waals surface area contributed by atoms with Crippen molar-refractivity contribution in [1.82, 2.24) is 0 Å². The third-order valence-corrected chi connectivity index (χ3v) is 3.55. The minimum atomic E-state index is -0.124. The van der Waals surface area contributed by atoms with Gasteiger partial charge in [-0.2, -0.15) is 0 Å². The number of hydrogen-bond acceptors (Lipinski definition) is 2. The van der Waals surface area contributed by atoms with Gasteiger partial charge in [0.25, 0.3) is 5.91 Å². The maximum atomic E-state index is 12.2. The standard InChI is InChI=1S/C16H16BrNO2/c1-10-8-13(17)9-11(2)15(10)18-16(19)12-4-6-14(20-3)7-5-12/h4-9H,1-3H3,(H,18,19). The van der Waals surface area contributed by atoms with E-state index in [9.17, 15) is 4.79 Å². The molecular weight excluding hydrogens is 318 g/mol. The lowest BCUT2D eigenvalue weighted by atomic mass is 10.1. The summed E-state index contributed by atoms with van der Waals surface area (Å²) in [5.74, 6) is 0.610. The van der Waals surface area contributed by atoms with Crippen molar-refractivity contribution in [3.63, 3.8) is 0 Å². The van der Waals surface area contributed by atoms with Gasteiger partial charge in [0.2, 0.25) is 0 Å². The van der Waals surface area contributed by atoms with Gasteiger partial charge in [0, 0.05) is 15.7 Å². The van der Waals surface area contributed by atoms with Crippen LogP contribution in [0.3, 0.4) is 0 Å². The highest BCUT2D eigenvalue weighted by molar-refractivity contribution is 9.10. The molecule has 104 valence electrons. The lowest BCUT2D eigenvalue weighted by Gasteiger charge is -2.12. The highest BCUT2D eigenvalue weighted by Crippen LogP contribution is 2.25. The number of methoxy groups -OCH3 is 1. The number of amides is 1. The van der Waals surface area contributed by atoms with E-state index in [0.717, 1.165) is 27.0 Å². The van der Waals surface area contributed by atoms with Gasteiger partial charge in [-0.3, -0.25) is 4.79 Å². The molecule has 0 aliphatic rings. The fourth-order valence-corrected chi connectivity index (χ4v) is 2.72. The van der Waals surface area contributed by atoms with Crippen LogP contribution in [0.15, 0.2) is 40.9 Å². The zero-order chi connectivity index (χ0) is 14.7. The Morgan fingerprint density at radius 3 is 2.15 bits per heavy atom. The summed E-state index contributed by atoms with van der Waals surface area (Å²) in [4.78, 5) is 12.2. The van der Waals surface area contributed by atoms with E-state index in [1.807, 2.05) is 26.0 Å². The highest BCUT2D eigenvalue weighted by atomic mass is 79.9. The second kappa shape index (κ2) is 6.09. The van der Waals surface area contributed by atoms with E-state index in [-0.39, 0.29) is 5.91 Å². The van der Waals surface area contributed by atoms with Gasteiger partial charge in [-0.15, -0.1) is 0 Å². The van der Waals surface area contributed by atoms with Gasteiger partial charge in [0.05, 0.1) is 7.11 Å². The Morgan fingerprint density at radius 1 is 1.10 bits per heavy atom. The summed E-state index contributed by atoms with van der Waals surface area (Å²) in [5.41, 5.74) is 3.51. The first-order valence-corrected chi connectivity index (χ1v) is 7.02. The van der Waals surface area contributed by atoms with Crippen LogP contribution >= 0.6 is 15.9 Å². The van der Waals surface area contributed by atoms with Gasteiger partial charge in [-0.25, -0.2) is 0 Å². The molecule has 0 unspecified atom stereocenters. The molecule has 0 heterocycles. The first-order valence-electron chi connectivity index (χ1n) is 6.23. The van der Waals surface area contributed by atoms with E-state index in [1.54, 1.807) is 31.4 Å². The fourth-order valence-electron chi connectivity index (χ4n) is 2.04. The molecule has 0 bridgehead atoms. The average Bonchev–Trinajstić information content (AvgIpc) is 2.42. The molecule has 3 nitrogen and oxygen atoms in total. The minimum absolute atomic E-state index is 0.124. The number of anilines is 1. The number of aryl methyl sites for hydroxylation is 2. The summed E-state index contributed by atoms with van der Waals surface area (Å²) in [6.07, 6.45) is 0. The average molecular weight is 334 g/mol. The maximum absolute atomic E-state index is 12.2. The Balaban J connectivity index is 2.23. The molecule has 2 rings (SSSR count). The molecule has 0 saturated heterocycles. The molecular formula is C16H16BrNO2. The van der Waals surface area contributed by atoms with Crippen LogP contribution < -0.4 is 10.1 Å². The third-order valence-electron chi connectivity index (χ3n) is 3.09. The van der Waals surface area contributed by atoms with E-state index >= 15 is 0 Å². The van der Waals surface area contributed by atoms with Gasteiger partial charge < -0.3 is 10.1 Å². The number of halogens is 1. The smallest absolute Gasteiger partial charge is 0.255 e. The molecule has 0 aromatic heterocycles. The molecule has 1 amide bonds. The van der Waals surface area contributed by atoms with Crippen LogP contribution in [0.25, 0.3) is 0 Å². The molecule has 0 atom stereocenters. The molecule has 4 heteroatoms. The zero-order valence-corrected chi connectivity index (χ0v) is 13.2. The monoisotopic (exact) mass is 333 g/mol. The van der Waals surface area contributed by atoms with Crippen molar-refractivity contribution >= 4 is 27.5 Å². The molecule has 0 fully saturated rings. The van der Waals surface area contributed by atoms with Crippen molar-refractivity contribution in [2.24, 2.45) is 0 Å². The lowest BCUT2D eigenvalue weighted by molar-refractivity contribution is 0.102. The quantitative estimate of drug-likeness (QED) is 0.907. The van der Waals surface area contributed by atoms with E-state index in [4.69, 9.17) is 4.74 Å². The molecule has 20 heavy (non-hydrogen) atoms. The van der Waals surface area contributed by atoms with Crippen LogP contribution in [0.4, 0.5) is 5.69 Å². The molecule has 2 aromatic rings. The molecule has 2 aromatic carbocycles. The predicted molar refractivity (Wildman–Crippen MR) is 84.6 cm³/mol. The Morgan fingerprint density at radius 2 is 1.65 bits per heavy atom. The number of ether oxygens (including phenoxy) is 1. The molecule has 1 N–H and O–H groups in total.